The van der Waals surface area contributed by atoms with Crippen LogP contribution >= 0.6 is 0 Å². The predicted octanol–water partition coefficient (Wildman–Crippen LogP) is 2.41. The maximum Gasteiger partial charge on any atom is 0.149 e. The highest BCUT2D eigenvalue weighted by molar-refractivity contribution is 5.62. The highest BCUT2D eigenvalue weighted by Gasteiger charge is 2.18. The lowest BCUT2D eigenvalue weighted by Crippen LogP contribution is -2.31. The van der Waals surface area contributed by atoms with Gasteiger partial charge in [-0.1, -0.05) is 25.7 Å². The summed E-state index contributed by atoms with van der Waals surface area (Å²) < 4.78 is 0. The molecule has 0 unspecified atom stereocenters. The first-order valence-corrected chi connectivity index (χ1v) is 6.43. The molecule has 0 spiro atoms. The van der Waals surface area contributed by atoms with Gasteiger partial charge in [0.15, 0.2) is 0 Å². The minimum Gasteiger partial charge on any atom is -0.396 e. The molecule has 4 heteroatoms. The fraction of sp³-hybridized carbons (Fsp3) is 0.615. The molecule has 4 N–H and O–H groups in total. The van der Waals surface area contributed by atoms with E-state index in [9.17, 15) is 0 Å². The van der Waals surface area contributed by atoms with E-state index in [1.807, 2.05) is 12.1 Å². The Balaban J connectivity index is 2.11. The van der Waals surface area contributed by atoms with Gasteiger partial charge in [-0.25, -0.2) is 4.98 Å². The molecule has 0 aliphatic heterocycles. The molecule has 1 aliphatic rings. The van der Waals surface area contributed by atoms with Crippen molar-refractivity contribution in [2.75, 3.05) is 23.4 Å². The molecular weight excluding hydrogens is 212 g/mol. The Hall–Kier alpha value is -1.45. The van der Waals surface area contributed by atoms with E-state index in [2.05, 4.69) is 16.9 Å². The number of anilines is 3. The number of hydrogen-bond acceptors (Lipinski definition) is 4. The molecule has 0 saturated heterocycles. The number of nitrogens with zero attached hydrogens (tertiary/aromatic N) is 2. The Morgan fingerprint density at radius 3 is 2.35 bits per heavy atom. The minimum absolute atomic E-state index is 0.433. The van der Waals surface area contributed by atoms with Crippen molar-refractivity contribution < 1.29 is 0 Å². The number of aromatic nitrogens is 1. The van der Waals surface area contributed by atoms with Crippen LogP contribution in [0.1, 0.15) is 38.5 Å². The van der Waals surface area contributed by atoms with Gasteiger partial charge in [-0.15, -0.1) is 0 Å². The first-order valence-electron chi connectivity index (χ1n) is 6.43. The lowest BCUT2D eigenvalue weighted by Gasteiger charge is -2.28. The average molecular weight is 234 g/mol. The molecule has 1 aromatic heterocycles. The zero-order valence-electron chi connectivity index (χ0n) is 10.5. The van der Waals surface area contributed by atoms with Gasteiger partial charge in [0.05, 0.1) is 5.69 Å². The summed E-state index contributed by atoms with van der Waals surface area (Å²) in [7, 11) is 2.11. The normalized spacial score (nSPS) is 17.7. The summed E-state index contributed by atoms with van der Waals surface area (Å²) in [4.78, 5) is 6.61. The molecule has 94 valence electrons. The van der Waals surface area contributed by atoms with Crippen LogP contribution in [0.3, 0.4) is 0 Å². The van der Waals surface area contributed by atoms with Gasteiger partial charge in [0.2, 0.25) is 0 Å². The Morgan fingerprint density at radius 2 is 1.76 bits per heavy atom. The van der Waals surface area contributed by atoms with Crippen molar-refractivity contribution in [2.24, 2.45) is 0 Å². The lowest BCUT2D eigenvalue weighted by atomic mass is 10.1. The predicted molar refractivity (Wildman–Crippen MR) is 73.0 cm³/mol. The summed E-state index contributed by atoms with van der Waals surface area (Å²) >= 11 is 0. The van der Waals surface area contributed by atoms with Crippen LogP contribution in [0.4, 0.5) is 17.3 Å². The van der Waals surface area contributed by atoms with Crippen molar-refractivity contribution >= 4 is 17.3 Å². The number of nitrogens with two attached hydrogens (primary N) is 2. The van der Waals surface area contributed by atoms with Crippen LogP contribution in [-0.4, -0.2) is 18.1 Å². The second-order valence-electron chi connectivity index (χ2n) is 4.90. The fourth-order valence-corrected chi connectivity index (χ4v) is 2.50. The van der Waals surface area contributed by atoms with Gasteiger partial charge in [-0.05, 0) is 25.0 Å². The molecule has 0 bridgehead atoms. The van der Waals surface area contributed by atoms with E-state index in [1.165, 1.54) is 38.5 Å². The molecule has 1 heterocycles. The molecule has 4 nitrogen and oxygen atoms in total. The van der Waals surface area contributed by atoms with E-state index in [4.69, 9.17) is 11.5 Å². The van der Waals surface area contributed by atoms with Crippen LogP contribution in [0, 0.1) is 0 Å². The van der Waals surface area contributed by atoms with Gasteiger partial charge in [0, 0.05) is 13.1 Å². The Labute approximate surface area is 103 Å². The maximum absolute atomic E-state index is 5.76. The topological polar surface area (TPSA) is 68.2 Å². The second-order valence-corrected chi connectivity index (χ2v) is 4.90. The summed E-state index contributed by atoms with van der Waals surface area (Å²) in [5.41, 5.74) is 12.0. The summed E-state index contributed by atoms with van der Waals surface area (Å²) in [6.45, 7) is 0. The molecule has 0 radical (unpaired) electrons. The van der Waals surface area contributed by atoms with Crippen molar-refractivity contribution in [3.63, 3.8) is 0 Å². The second kappa shape index (κ2) is 5.25. The zero-order chi connectivity index (χ0) is 12.3. The van der Waals surface area contributed by atoms with Crippen molar-refractivity contribution in [3.8, 4) is 0 Å². The van der Waals surface area contributed by atoms with Crippen LogP contribution in [0.5, 0.6) is 0 Å². The smallest absolute Gasteiger partial charge is 0.149 e. The molecule has 0 aromatic carbocycles. The van der Waals surface area contributed by atoms with Gasteiger partial charge in [0.25, 0.3) is 0 Å². The minimum atomic E-state index is 0.433. The first-order chi connectivity index (χ1) is 8.18. The Morgan fingerprint density at radius 1 is 1.12 bits per heavy atom. The number of pyridine rings is 1. The van der Waals surface area contributed by atoms with Crippen LogP contribution in [0.25, 0.3) is 0 Å². The summed E-state index contributed by atoms with van der Waals surface area (Å²) in [5, 5.41) is 0. The highest BCUT2D eigenvalue weighted by atomic mass is 15.2. The highest BCUT2D eigenvalue weighted by Crippen LogP contribution is 2.25. The number of nitrogen functional groups attached to an aromatic ring is 2. The fourth-order valence-electron chi connectivity index (χ4n) is 2.50. The van der Waals surface area contributed by atoms with E-state index in [1.54, 1.807) is 0 Å². The van der Waals surface area contributed by atoms with E-state index in [0.717, 1.165) is 5.82 Å². The van der Waals surface area contributed by atoms with Crippen molar-refractivity contribution in [1.29, 1.82) is 0 Å². The molecule has 2 rings (SSSR count). The van der Waals surface area contributed by atoms with Gasteiger partial charge in [-0.2, -0.15) is 0 Å². The molecule has 1 fully saturated rings. The molecular formula is C13H22N4. The largest absolute Gasteiger partial charge is 0.396 e. The summed E-state index contributed by atoms with van der Waals surface area (Å²) in [6, 6.07) is 4.38. The van der Waals surface area contributed by atoms with E-state index in [0.29, 0.717) is 17.5 Å². The first kappa shape index (κ1) is 12.0. The number of hydrogen-bond donors (Lipinski definition) is 2. The SMILES string of the molecule is CN(c1ccc(N)c(N)n1)C1CCCCCC1. The molecule has 0 atom stereocenters. The Bertz CT molecular complexity index is 370. The van der Waals surface area contributed by atoms with Crippen molar-refractivity contribution in [1.82, 2.24) is 4.98 Å². The monoisotopic (exact) mass is 234 g/mol. The third-order valence-corrected chi connectivity index (χ3v) is 3.68. The van der Waals surface area contributed by atoms with Gasteiger partial charge in [0.1, 0.15) is 11.6 Å². The van der Waals surface area contributed by atoms with Crippen LogP contribution in [-0.2, 0) is 0 Å². The summed E-state index contributed by atoms with van der Waals surface area (Å²) in [5.74, 6) is 1.37. The van der Waals surface area contributed by atoms with Gasteiger partial charge >= 0.3 is 0 Å². The lowest BCUT2D eigenvalue weighted by molar-refractivity contribution is 0.549. The van der Waals surface area contributed by atoms with E-state index >= 15 is 0 Å². The molecule has 0 amide bonds. The third kappa shape index (κ3) is 2.81. The standard InChI is InChI=1S/C13H22N4/c1-17(10-6-4-2-3-5-7-10)12-9-8-11(14)13(15)16-12/h8-10H,2-7,14H2,1H3,(H2,15,16). The molecule has 1 aromatic rings. The van der Waals surface area contributed by atoms with Gasteiger partial charge in [-0.3, -0.25) is 0 Å². The molecule has 1 saturated carbocycles. The quantitative estimate of drug-likeness (QED) is 0.771. The number of rotatable bonds is 2. The Kier molecular flexibility index (Phi) is 3.71. The van der Waals surface area contributed by atoms with Gasteiger partial charge < -0.3 is 16.4 Å². The third-order valence-electron chi connectivity index (χ3n) is 3.68. The van der Waals surface area contributed by atoms with E-state index < -0.39 is 0 Å². The average Bonchev–Trinajstić information content (AvgIpc) is 2.60. The zero-order valence-corrected chi connectivity index (χ0v) is 10.5. The van der Waals surface area contributed by atoms with Crippen molar-refractivity contribution in [3.05, 3.63) is 12.1 Å². The maximum atomic E-state index is 5.76. The molecule has 1 aliphatic carbocycles. The van der Waals surface area contributed by atoms with Crippen LogP contribution in [0.15, 0.2) is 12.1 Å². The van der Waals surface area contributed by atoms with E-state index in [-0.39, 0.29) is 0 Å². The molecule has 17 heavy (non-hydrogen) atoms. The van der Waals surface area contributed by atoms with Crippen LogP contribution in [0.2, 0.25) is 0 Å². The van der Waals surface area contributed by atoms with Crippen molar-refractivity contribution in [2.45, 2.75) is 44.6 Å². The summed E-state index contributed by atoms with van der Waals surface area (Å²) in [6.07, 6.45) is 7.87. The van der Waals surface area contributed by atoms with Crippen LogP contribution < -0.4 is 16.4 Å².